The van der Waals surface area contributed by atoms with Gasteiger partial charge in [-0.2, -0.15) is 11.8 Å². The van der Waals surface area contributed by atoms with Crippen molar-refractivity contribution in [2.24, 2.45) is 7.05 Å². The molecule has 0 atom stereocenters. The van der Waals surface area contributed by atoms with E-state index in [0.717, 1.165) is 10.8 Å². The first-order chi connectivity index (χ1) is 7.25. The van der Waals surface area contributed by atoms with Crippen molar-refractivity contribution >= 4 is 17.5 Å². The lowest BCUT2D eigenvalue weighted by atomic mass is 10.2. The van der Waals surface area contributed by atoms with Gasteiger partial charge in [0, 0.05) is 30.3 Å². The van der Waals surface area contributed by atoms with E-state index in [4.69, 9.17) is 0 Å². The molecule has 1 aromatic heterocycles. The number of aromatic nitrogens is 1. The van der Waals surface area contributed by atoms with Crippen LogP contribution in [0.25, 0.3) is 0 Å². The number of Topliss-reactive ketones (excluding diaryl/α,β-unsaturated/α-hetero) is 1. The number of ketones is 1. The summed E-state index contributed by atoms with van der Waals surface area (Å²) in [5.41, 5.74) is 0.850. The molecule has 0 spiro atoms. The molecule has 0 aromatic carbocycles. The lowest BCUT2D eigenvalue weighted by molar-refractivity contribution is 0.102. The van der Waals surface area contributed by atoms with Gasteiger partial charge in [0.25, 0.3) is 0 Å². The molecule has 0 radical (unpaired) electrons. The molecule has 2 nitrogen and oxygen atoms in total. The van der Waals surface area contributed by atoms with Crippen molar-refractivity contribution in [1.82, 2.24) is 4.57 Å². The smallest absolute Gasteiger partial charge is 0.174 e. The SMILES string of the molecule is Cn1ccc(C(=O)CSC2CCCC2)c1. The van der Waals surface area contributed by atoms with Gasteiger partial charge >= 0.3 is 0 Å². The van der Waals surface area contributed by atoms with Gasteiger partial charge in [-0.3, -0.25) is 4.79 Å². The van der Waals surface area contributed by atoms with E-state index in [1.54, 1.807) is 0 Å². The number of rotatable bonds is 4. The van der Waals surface area contributed by atoms with E-state index in [-0.39, 0.29) is 5.78 Å². The molecule has 0 N–H and O–H groups in total. The Hall–Kier alpha value is -0.700. The molecule has 0 bridgehead atoms. The summed E-state index contributed by atoms with van der Waals surface area (Å²) in [4.78, 5) is 11.8. The highest BCUT2D eigenvalue weighted by Crippen LogP contribution is 2.29. The van der Waals surface area contributed by atoms with Crippen molar-refractivity contribution in [3.8, 4) is 0 Å². The van der Waals surface area contributed by atoms with Gasteiger partial charge in [-0.15, -0.1) is 0 Å². The zero-order valence-electron chi connectivity index (χ0n) is 9.11. The summed E-state index contributed by atoms with van der Waals surface area (Å²) in [6.45, 7) is 0. The van der Waals surface area contributed by atoms with Crippen LogP contribution >= 0.6 is 11.8 Å². The molecular formula is C12H17NOS. The molecule has 82 valence electrons. The molecule has 2 rings (SSSR count). The minimum absolute atomic E-state index is 0.271. The molecule has 1 aliphatic carbocycles. The first-order valence-corrected chi connectivity index (χ1v) is 6.57. The average molecular weight is 223 g/mol. The number of carbonyl (C=O) groups excluding carboxylic acids is 1. The third-order valence-electron chi connectivity index (χ3n) is 2.91. The van der Waals surface area contributed by atoms with Crippen LogP contribution in [-0.4, -0.2) is 21.4 Å². The predicted octanol–water partition coefficient (Wildman–Crippen LogP) is 2.88. The largest absolute Gasteiger partial charge is 0.357 e. The Morgan fingerprint density at radius 1 is 1.53 bits per heavy atom. The fraction of sp³-hybridized carbons (Fsp3) is 0.583. The molecular weight excluding hydrogens is 206 g/mol. The fourth-order valence-electron chi connectivity index (χ4n) is 2.00. The number of hydrogen-bond donors (Lipinski definition) is 0. The van der Waals surface area contributed by atoms with Gasteiger partial charge < -0.3 is 4.57 Å². The molecule has 15 heavy (non-hydrogen) atoms. The van der Waals surface area contributed by atoms with E-state index in [9.17, 15) is 4.79 Å². The maximum atomic E-state index is 11.8. The standard InChI is InChI=1S/C12H17NOS/c1-13-7-6-10(8-13)12(14)9-15-11-4-2-3-5-11/h6-8,11H,2-5,9H2,1H3. The second kappa shape index (κ2) is 4.88. The van der Waals surface area contributed by atoms with Crippen LogP contribution in [0.15, 0.2) is 18.5 Å². The zero-order chi connectivity index (χ0) is 10.7. The van der Waals surface area contributed by atoms with E-state index in [2.05, 4.69) is 0 Å². The van der Waals surface area contributed by atoms with Gasteiger partial charge in [0.15, 0.2) is 5.78 Å². The molecule has 0 saturated heterocycles. The van der Waals surface area contributed by atoms with Gasteiger partial charge in [-0.1, -0.05) is 12.8 Å². The minimum Gasteiger partial charge on any atom is -0.357 e. The Morgan fingerprint density at radius 3 is 2.87 bits per heavy atom. The van der Waals surface area contributed by atoms with E-state index in [1.165, 1.54) is 25.7 Å². The van der Waals surface area contributed by atoms with Gasteiger partial charge in [0.05, 0.1) is 5.75 Å². The van der Waals surface area contributed by atoms with E-state index < -0.39 is 0 Å². The quantitative estimate of drug-likeness (QED) is 0.732. The van der Waals surface area contributed by atoms with Crippen LogP contribution in [0.1, 0.15) is 36.0 Å². The Morgan fingerprint density at radius 2 is 2.27 bits per heavy atom. The number of carbonyl (C=O) groups is 1. The summed E-state index contributed by atoms with van der Waals surface area (Å²) in [7, 11) is 1.95. The van der Waals surface area contributed by atoms with Crippen molar-refractivity contribution in [1.29, 1.82) is 0 Å². The van der Waals surface area contributed by atoms with Crippen molar-refractivity contribution in [3.05, 3.63) is 24.0 Å². The van der Waals surface area contributed by atoms with Gasteiger partial charge in [0.1, 0.15) is 0 Å². The molecule has 3 heteroatoms. The molecule has 0 unspecified atom stereocenters. The summed E-state index contributed by atoms with van der Waals surface area (Å²) < 4.78 is 1.92. The fourth-order valence-corrected chi connectivity index (χ4v) is 3.22. The molecule has 1 heterocycles. The Bertz CT molecular complexity index is 339. The number of hydrogen-bond acceptors (Lipinski definition) is 2. The normalized spacial score (nSPS) is 17.1. The van der Waals surface area contributed by atoms with Gasteiger partial charge in [-0.05, 0) is 18.9 Å². The Balaban J connectivity index is 1.81. The van der Waals surface area contributed by atoms with E-state index in [1.807, 2.05) is 41.8 Å². The third-order valence-corrected chi connectivity index (χ3v) is 4.28. The molecule has 0 aliphatic heterocycles. The minimum atomic E-state index is 0.271. The van der Waals surface area contributed by atoms with Crippen LogP contribution in [0.3, 0.4) is 0 Å². The summed E-state index contributed by atoms with van der Waals surface area (Å²) in [5.74, 6) is 0.918. The van der Waals surface area contributed by atoms with Crippen LogP contribution in [0.4, 0.5) is 0 Å². The van der Waals surface area contributed by atoms with Crippen LogP contribution in [0.2, 0.25) is 0 Å². The summed E-state index contributed by atoms with van der Waals surface area (Å²) in [6.07, 6.45) is 9.11. The predicted molar refractivity (Wildman–Crippen MR) is 64.5 cm³/mol. The molecule has 1 aliphatic rings. The monoisotopic (exact) mass is 223 g/mol. The molecule has 0 amide bonds. The molecule has 1 saturated carbocycles. The molecule has 1 aromatic rings. The maximum absolute atomic E-state index is 11.8. The van der Waals surface area contributed by atoms with Gasteiger partial charge in [-0.25, -0.2) is 0 Å². The maximum Gasteiger partial charge on any atom is 0.174 e. The highest BCUT2D eigenvalue weighted by Gasteiger charge is 2.17. The summed E-state index contributed by atoms with van der Waals surface area (Å²) in [6, 6.07) is 1.90. The average Bonchev–Trinajstić information content (AvgIpc) is 2.84. The van der Waals surface area contributed by atoms with Crippen LogP contribution < -0.4 is 0 Å². The second-order valence-electron chi connectivity index (χ2n) is 4.21. The summed E-state index contributed by atoms with van der Waals surface area (Å²) >= 11 is 1.84. The van der Waals surface area contributed by atoms with Crippen molar-refractivity contribution in [2.75, 3.05) is 5.75 Å². The van der Waals surface area contributed by atoms with Crippen molar-refractivity contribution in [2.45, 2.75) is 30.9 Å². The highest BCUT2D eigenvalue weighted by atomic mass is 32.2. The lowest BCUT2D eigenvalue weighted by Gasteiger charge is -2.06. The lowest BCUT2D eigenvalue weighted by Crippen LogP contribution is -2.05. The number of nitrogens with zero attached hydrogens (tertiary/aromatic N) is 1. The van der Waals surface area contributed by atoms with E-state index in [0.29, 0.717) is 5.75 Å². The Labute approximate surface area is 95.0 Å². The van der Waals surface area contributed by atoms with Gasteiger partial charge in [0.2, 0.25) is 0 Å². The Kier molecular flexibility index (Phi) is 3.52. The first kappa shape index (κ1) is 10.8. The zero-order valence-corrected chi connectivity index (χ0v) is 9.93. The van der Waals surface area contributed by atoms with Crippen LogP contribution in [-0.2, 0) is 7.05 Å². The highest BCUT2D eigenvalue weighted by molar-refractivity contribution is 8.00. The van der Waals surface area contributed by atoms with E-state index >= 15 is 0 Å². The topological polar surface area (TPSA) is 22.0 Å². The van der Waals surface area contributed by atoms with Crippen LogP contribution in [0.5, 0.6) is 0 Å². The van der Waals surface area contributed by atoms with Crippen molar-refractivity contribution in [3.63, 3.8) is 0 Å². The number of thioether (sulfide) groups is 1. The first-order valence-electron chi connectivity index (χ1n) is 5.52. The third kappa shape index (κ3) is 2.88. The van der Waals surface area contributed by atoms with Crippen LogP contribution in [0, 0.1) is 0 Å². The second-order valence-corrected chi connectivity index (χ2v) is 5.49. The number of aryl methyl sites for hydroxylation is 1. The summed E-state index contributed by atoms with van der Waals surface area (Å²) in [5, 5.41) is 0.734. The molecule has 1 fully saturated rings. The van der Waals surface area contributed by atoms with Crippen molar-refractivity contribution < 1.29 is 4.79 Å².